The van der Waals surface area contributed by atoms with E-state index in [1.165, 1.54) is 12.1 Å². The van der Waals surface area contributed by atoms with Gasteiger partial charge in [-0.05, 0) is 25.1 Å². The van der Waals surface area contributed by atoms with E-state index in [2.05, 4.69) is 26.5 Å². The molecule has 7 heteroatoms. The number of aromatic nitrogens is 2. The molecule has 0 radical (unpaired) electrons. The largest absolute Gasteiger partial charge is 0.320 e. The summed E-state index contributed by atoms with van der Waals surface area (Å²) in [6, 6.07) is 4.06. The summed E-state index contributed by atoms with van der Waals surface area (Å²) in [5.74, 6) is 4.71. The van der Waals surface area contributed by atoms with Gasteiger partial charge < -0.3 is 5.73 Å². The summed E-state index contributed by atoms with van der Waals surface area (Å²) in [6.45, 7) is 1.87. The molecular formula is C13H11FN4OS. The number of hydrogen-bond acceptors (Lipinski definition) is 5. The molecular weight excluding hydrogens is 279 g/mol. The first-order valence-corrected chi connectivity index (χ1v) is 6.47. The number of rotatable bonds is 2. The van der Waals surface area contributed by atoms with Gasteiger partial charge in [-0.3, -0.25) is 10.1 Å². The molecule has 3 N–H and O–H groups in total. The maximum Gasteiger partial charge on any atom is 0.257 e. The lowest BCUT2D eigenvalue weighted by Gasteiger charge is -2.02. The number of nitrogens with one attached hydrogen (secondary N) is 1. The van der Waals surface area contributed by atoms with Crippen LogP contribution in [0.25, 0.3) is 0 Å². The Balaban J connectivity index is 2.16. The van der Waals surface area contributed by atoms with Crippen molar-refractivity contribution >= 4 is 22.6 Å². The second-order valence-corrected chi connectivity index (χ2v) is 4.55. The van der Waals surface area contributed by atoms with Crippen LogP contribution in [0.1, 0.15) is 21.7 Å². The molecule has 102 valence electrons. The van der Waals surface area contributed by atoms with E-state index in [4.69, 9.17) is 5.73 Å². The lowest BCUT2D eigenvalue weighted by molar-refractivity contribution is 0.102. The molecule has 1 amide bonds. The highest BCUT2D eigenvalue weighted by atomic mass is 32.1. The van der Waals surface area contributed by atoms with Crippen molar-refractivity contribution in [3.8, 4) is 11.8 Å². The maximum atomic E-state index is 13.7. The van der Waals surface area contributed by atoms with Crippen LogP contribution >= 0.6 is 11.5 Å². The molecule has 0 saturated carbocycles. The van der Waals surface area contributed by atoms with Gasteiger partial charge in [-0.15, -0.1) is 0 Å². The molecule has 0 bridgehead atoms. The van der Waals surface area contributed by atoms with E-state index in [-0.39, 0.29) is 17.7 Å². The first-order chi connectivity index (χ1) is 9.60. The van der Waals surface area contributed by atoms with Crippen LogP contribution < -0.4 is 11.1 Å². The molecule has 20 heavy (non-hydrogen) atoms. The molecule has 2 aromatic rings. The van der Waals surface area contributed by atoms with Crippen molar-refractivity contribution in [2.75, 3.05) is 11.9 Å². The van der Waals surface area contributed by atoms with E-state index in [0.29, 0.717) is 11.0 Å². The van der Waals surface area contributed by atoms with Crippen LogP contribution in [0.3, 0.4) is 0 Å². The zero-order chi connectivity index (χ0) is 14.5. The number of nitrogens with zero attached hydrogens (tertiary/aromatic N) is 2. The van der Waals surface area contributed by atoms with E-state index in [9.17, 15) is 9.18 Å². The smallest absolute Gasteiger partial charge is 0.257 e. The summed E-state index contributed by atoms with van der Waals surface area (Å²) in [6.07, 6.45) is 0. The molecule has 0 atom stereocenters. The van der Waals surface area contributed by atoms with Crippen molar-refractivity contribution in [2.45, 2.75) is 6.92 Å². The van der Waals surface area contributed by atoms with E-state index >= 15 is 0 Å². The summed E-state index contributed by atoms with van der Waals surface area (Å²) in [5.41, 5.74) is 5.62. The lowest BCUT2D eigenvalue weighted by Crippen LogP contribution is -2.12. The maximum absolute atomic E-state index is 13.7. The van der Waals surface area contributed by atoms with Gasteiger partial charge in [0.1, 0.15) is 11.6 Å². The van der Waals surface area contributed by atoms with Crippen LogP contribution in [0.2, 0.25) is 0 Å². The molecule has 5 nitrogen and oxygen atoms in total. The molecule has 1 aromatic heterocycles. The Kier molecular flexibility index (Phi) is 4.40. The summed E-state index contributed by atoms with van der Waals surface area (Å²) < 4.78 is 17.7. The van der Waals surface area contributed by atoms with Gasteiger partial charge in [0.05, 0.1) is 12.1 Å². The van der Waals surface area contributed by atoms with Crippen LogP contribution in [0, 0.1) is 24.6 Å². The molecule has 2 rings (SSSR count). The Bertz CT molecular complexity index is 702. The second-order valence-electron chi connectivity index (χ2n) is 3.80. The minimum Gasteiger partial charge on any atom is -0.320 e. The molecule has 0 spiro atoms. The molecule has 1 aromatic carbocycles. The van der Waals surface area contributed by atoms with Gasteiger partial charge in [-0.25, -0.2) is 9.37 Å². The number of aryl methyl sites for hydroxylation is 1. The Morgan fingerprint density at radius 3 is 2.95 bits per heavy atom. The Morgan fingerprint density at radius 1 is 1.55 bits per heavy atom. The van der Waals surface area contributed by atoms with Crippen LogP contribution in [0.4, 0.5) is 9.52 Å². The fourth-order valence-corrected chi connectivity index (χ4v) is 1.99. The van der Waals surface area contributed by atoms with Crippen LogP contribution in [0.5, 0.6) is 0 Å². The monoisotopic (exact) mass is 290 g/mol. The quantitative estimate of drug-likeness (QED) is 0.822. The van der Waals surface area contributed by atoms with Crippen LogP contribution in [-0.2, 0) is 0 Å². The number of nitrogens with two attached hydrogens (primary N) is 1. The number of anilines is 1. The molecule has 1 heterocycles. The van der Waals surface area contributed by atoms with Gasteiger partial charge in [-0.2, -0.15) is 4.37 Å². The fourth-order valence-electron chi connectivity index (χ4n) is 1.42. The van der Waals surface area contributed by atoms with Crippen molar-refractivity contribution in [1.82, 2.24) is 9.36 Å². The normalized spacial score (nSPS) is 9.75. The molecule has 0 aliphatic heterocycles. The van der Waals surface area contributed by atoms with Crippen LogP contribution in [0.15, 0.2) is 18.2 Å². The summed E-state index contributed by atoms with van der Waals surface area (Å²) >= 11 is 1.07. The number of hydrogen-bond donors (Lipinski definition) is 2. The average molecular weight is 290 g/mol. The standard InChI is InChI=1S/C13H11FN4OS/c1-8-16-13(20-18-8)17-12(19)10-5-4-9(3-2-6-15)11(14)7-10/h4-5,7H,6,15H2,1H3,(H,16,17,18,19). The SMILES string of the molecule is Cc1nsc(NC(=O)c2ccc(C#CCN)c(F)c2)n1. The van der Waals surface area contributed by atoms with Crippen molar-refractivity contribution in [1.29, 1.82) is 0 Å². The van der Waals surface area contributed by atoms with Crippen molar-refractivity contribution < 1.29 is 9.18 Å². The van der Waals surface area contributed by atoms with Gasteiger partial charge in [0.15, 0.2) is 0 Å². The number of benzene rings is 1. The summed E-state index contributed by atoms with van der Waals surface area (Å²) in [4.78, 5) is 15.9. The van der Waals surface area contributed by atoms with E-state index < -0.39 is 11.7 Å². The lowest BCUT2D eigenvalue weighted by atomic mass is 10.1. The Hall–Kier alpha value is -2.30. The summed E-state index contributed by atoms with van der Waals surface area (Å²) in [5, 5.41) is 2.93. The Labute approximate surface area is 119 Å². The van der Waals surface area contributed by atoms with Crippen LogP contribution in [-0.4, -0.2) is 21.8 Å². The van der Waals surface area contributed by atoms with Gasteiger partial charge in [0, 0.05) is 17.1 Å². The highest BCUT2D eigenvalue weighted by molar-refractivity contribution is 7.09. The fraction of sp³-hybridized carbons (Fsp3) is 0.154. The van der Waals surface area contributed by atoms with Gasteiger partial charge >= 0.3 is 0 Å². The number of carbonyl (C=O) groups excluding carboxylic acids is 1. The third kappa shape index (κ3) is 3.38. The van der Waals surface area contributed by atoms with Gasteiger partial charge in [-0.1, -0.05) is 11.8 Å². The average Bonchev–Trinajstić information content (AvgIpc) is 2.82. The van der Waals surface area contributed by atoms with Gasteiger partial charge in [0.25, 0.3) is 5.91 Å². The zero-order valence-corrected chi connectivity index (χ0v) is 11.4. The second kappa shape index (κ2) is 6.23. The molecule has 0 unspecified atom stereocenters. The topological polar surface area (TPSA) is 80.9 Å². The van der Waals surface area contributed by atoms with E-state index in [0.717, 1.165) is 17.6 Å². The Morgan fingerprint density at radius 2 is 2.35 bits per heavy atom. The first kappa shape index (κ1) is 14.1. The predicted molar refractivity (Wildman–Crippen MR) is 74.9 cm³/mol. The molecule has 0 saturated heterocycles. The van der Waals surface area contributed by atoms with E-state index in [1.54, 1.807) is 6.92 Å². The predicted octanol–water partition coefficient (Wildman–Crippen LogP) is 1.55. The van der Waals surface area contributed by atoms with Crippen molar-refractivity contribution in [3.63, 3.8) is 0 Å². The minimum absolute atomic E-state index is 0.151. The zero-order valence-electron chi connectivity index (χ0n) is 10.6. The third-order valence-electron chi connectivity index (χ3n) is 2.30. The number of carbonyl (C=O) groups is 1. The third-order valence-corrected chi connectivity index (χ3v) is 3.03. The molecule has 0 aliphatic carbocycles. The first-order valence-electron chi connectivity index (χ1n) is 5.70. The highest BCUT2D eigenvalue weighted by Gasteiger charge is 2.11. The molecule has 0 fully saturated rings. The number of amides is 1. The minimum atomic E-state index is -0.563. The number of halogens is 1. The van der Waals surface area contributed by atoms with Gasteiger partial charge in [0.2, 0.25) is 5.13 Å². The van der Waals surface area contributed by atoms with Crippen molar-refractivity contribution in [3.05, 3.63) is 41.0 Å². The van der Waals surface area contributed by atoms with Crippen molar-refractivity contribution in [2.24, 2.45) is 5.73 Å². The van der Waals surface area contributed by atoms with E-state index in [1.807, 2.05) is 0 Å². The highest BCUT2D eigenvalue weighted by Crippen LogP contribution is 2.14. The summed E-state index contributed by atoms with van der Waals surface area (Å²) in [7, 11) is 0. The molecule has 0 aliphatic rings.